The molecule has 38 heavy (non-hydrogen) atoms. The summed E-state index contributed by atoms with van der Waals surface area (Å²) in [6.07, 6.45) is -7.35. The first-order valence-electron chi connectivity index (χ1n) is 11.3. The largest absolute Gasteiger partial charge is 0.493 e. The second-order valence-electron chi connectivity index (χ2n) is 7.47. The summed E-state index contributed by atoms with van der Waals surface area (Å²) in [4.78, 5) is 8.15. The zero-order valence-corrected chi connectivity index (χ0v) is 21.3. The molecule has 0 unspecified atom stereocenters. The molecule has 0 aliphatic rings. The average molecular weight is 569 g/mol. The first-order valence-corrected chi connectivity index (χ1v) is 12.2. The van der Waals surface area contributed by atoms with Crippen LogP contribution in [0.15, 0.2) is 58.8 Å². The lowest BCUT2D eigenvalue weighted by Gasteiger charge is -2.12. The summed E-state index contributed by atoms with van der Waals surface area (Å²) < 4.78 is 95.0. The van der Waals surface area contributed by atoms with E-state index in [-0.39, 0.29) is 24.3 Å². The predicted molar refractivity (Wildman–Crippen MR) is 130 cm³/mol. The monoisotopic (exact) mass is 568 g/mol. The fraction of sp³-hybridized carbons (Fsp3) is 0.417. The second kappa shape index (κ2) is 15.3. The Morgan fingerprint density at radius 2 is 1.21 bits per heavy atom. The maximum Gasteiger partial charge on any atom is 0.437 e. The average Bonchev–Trinajstić information content (AvgIpc) is 2.86. The molecule has 0 aromatic heterocycles. The lowest BCUT2D eigenvalue weighted by Crippen LogP contribution is -2.24. The zero-order valence-electron chi connectivity index (χ0n) is 20.5. The van der Waals surface area contributed by atoms with Gasteiger partial charge in [-0.25, -0.2) is 4.99 Å². The molecule has 2 aromatic rings. The predicted octanol–water partition coefficient (Wildman–Crippen LogP) is 7.11. The summed E-state index contributed by atoms with van der Waals surface area (Å²) in [5.74, 6) is 1.20. The fourth-order valence-electron chi connectivity index (χ4n) is 2.77. The van der Waals surface area contributed by atoms with Gasteiger partial charge in [0.2, 0.25) is 0 Å². The molecule has 210 valence electrons. The van der Waals surface area contributed by atoms with E-state index >= 15 is 0 Å². The molecular formula is C24H26F6N2O5S. The van der Waals surface area contributed by atoms with E-state index in [0.717, 1.165) is 32.0 Å². The Labute approximate surface area is 219 Å². The molecule has 14 heteroatoms. The summed E-state index contributed by atoms with van der Waals surface area (Å²) in [6.45, 7) is 2.33. The minimum Gasteiger partial charge on any atom is -0.493 e. The molecule has 0 saturated carbocycles. The van der Waals surface area contributed by atoms with Crippen molar-refractivity contribution in [3.63, 3.8) is 0 Å². The van der Waals surface area contributed by atoms with Crippen LogP contribution in [0.2, 0.25) is 0 Å². The fourth-order valence-corrected chi connectivity index (χ4v) is 3.38. The van der Waals surface area contributed by atoms with Crippen LogP contribution in [0.3, 0.4) is 0 Å². The van der Waals surface area contributed by atoms with Gasteiger partial charge in [0.1, 0.15) is 11.5 Å². The number of halogens is 6. The van der Waals surface area contributed by atoms with Crippen LogP contribution < -0.4 is 9.47 Å². The molecule has 7 nitrogen and oxygen atoms in total. The minimum atomic E-state index is -4.75. The molecular weight excluding hydrogens is 542 g/mol. The van der Waals surface area contributed by atoms with Crippen molar-refractivity contribution in [3.05, 3.63) is 59.7 Å². The zero-order chi connectivity index (χ0) is 28.0. The molecule has 0 radical (unpaired) electrons. The highest BCUT2D eigenvalue weighted by atomic mass is 32.2. The highest BCUT2D eigenvalue weighted by Crippen LogP contribution is 2.26. The molecule has 0 heterocycles. The Morgan fingerprint density at radius 1 is 0.737 bits per heavy atom. The Balaban J connectivity index is 1.83. The third-order valence-corrected chi connectivity index (χ3v) is 5.22. The second-order valence-corrected chi connectivity index (χ2v) is 8.26. The quantitative estimate of drug-likeness (QED) is 0.0570. The van der Waals surface area contributed by atoms with Gasteiger partial charge in [-0.3, -0.25) is 0 Å². The minimum absolute atomic E-state index is 0.166. The number of unbranched alkanes of at least 4 members (excludes halogenated alkanes) is 1. The maximum absolute atomic E-state index is 13.3. The van der Waals surface area contributed by atoms with Gasteiger partial charge in [-0.05, 0) is 60.1 Å². The van der Waals surface area contributed by atoms with Gasteiger partial charge in [0.05, 0.1) is 32.4 Å². The van der Waals surface area contributed by atoms with E-state index in [4.69, 9.17) is 13.8 Å². The van der Waals surface area contributed by atoms with Crippen LogP contribution in [0.1, 0.15) is 37.3 Å². The van der Waals surface area contributed by atoms with Crippen molar-refractivity contribution in [1.29, 1.82) is 0 Å². The van der Waals surface area contributed by atoms with Gasteiger partial charge in [0.25, 0.3) is 0 Å². The number of rotatable bonds is 15. The van der Waals surface area contributed by atoms with E-state index in [2.05, 4.69) is 20.2 Å². The lowest BCUT2D eigenvalue weighted by atomic mass is 10.1. The van der Waals surface area contributed by atoms with Crippen LogP contribution >= 0.6 is 12.0 Å². The first-order chi connectivity index (χ1) is 18.1. The van der Waals surface area contributed by atoms with E-state index in [1.165, 1.54) is 48.5 Å². The van der Waals surface area contributed by atoms with Gasteiger partial charge in [-0.1, -0.05) is 18.5 Å². The summed E-state index contributed by atoms with van der Waals surface area (Å²) in [7, 11) is 1.03. The van der Waals surface area contributed by atoms with Crippen molar-refractivity contribution in [2.75, 3.05) is 26.1 Å². The number of hydrogen-bond acceptors (Lipinski definition) is 8. The summed E-state index contributed by atoms with van der Waals surface area (Å²) in [5.41, 5.74) is -2.82. The van der Waals surface area contributed by atoms with Gasteiger partial charge < -0.3 is 13.8 Å². The molecule has 0 spiro atoms. The van der Waals surface area contributed by atoms with Gasteiger partial charge in [-0.15, -0.1) is 0 Å². The van der Waals surface area contributed by atoms with Crippen molar-refractivity contribution in [2.45, 2.75) is 38.5 Å². The van der Waals surface area contributed by atoms with E-state index < -0.39 is 23.8 Å². The summed E-state index contributed by atoms with van der Waals surface area (Å²) in [5, 5.41) is 6.17. The standard InChI is InChI=1S/C24H26F6N2O5S/c1-3-4-16-38-37-32-22(24(28,29)30)18-8-12-20(13-9-18)35-15-5-14-34-19-10-6-17(7-11-19)21(23(25,26)27)31-36-33-2/h6-13H,3-5,14-16H2,1-2H3/b31-21-,32-22-. The van der Waals surface area contributed by atoms with Gasteiger partial charge in [-0.2, -0.15) is 31.2 Å². The molecule has 0 saturated heterocycles. The molecule has 0 atom stereocenters. The molecule has 0 bridgehead atoms. The normalized spacial score (nSPS) is 12.8. The molecule has 0 amide bonds. The number of ether oxygens (including phenoxy) is 2. The van der Waals surface area contributed by atoms with Crippen LogP contribution in [0.25, 0.3) is 0 Å². The van der Waals surface area contributed by atoms with Crippen LogP contribution in [0.4, 0.5) is 26.3 Å². The molecule has 0 fully saturated rings. The molecule has 2 rings (SSSR count). The van der Waals surface area contributed by atoms with Crippen molar-refractivity contribution in [2.24, 2.45) is 10.3 Å². The van der Waals surface area contributed by atoms with Crippen molar-refractivity contribution >= 4 is 23.5 Å². The summed E-state index contributed by atoms with van der Waals surface area (Å²) in [6, 6.07) is 10.3. The lowest BCUT2D eigenvalue weighted by molar-refractivity contribution is -0.274. The number of benzene rings is 2. The number of oxime groups is 2. The Morgan fingerprint density at radius 3 is 1.63 bits per heavy atom. The third kappa shape index (κ3) is 10.7. The molecule has 0 aliphatic heterocycles. The topological polar surface area (TPSA) is 70.9 Å². The number of alkyl halides is 6. The molecule has 0 N–H and O–H groups in total. The third-order valence-electron chi connectivity index (χ3n) is 4.58. The maximum atomic E-state index is 13.3. The van der Waals surface area contributed by atoms with Gasteiger partial charge in [0, 0.05) is 23.3 Å². The van der Waals surface area contributed by atoms with E-state index in [9.17, 15) is 26.3 Å². The Kier molecular flexibility index (Phi) is 12.5. The van der Waals surface area contributed by atoms with Gasteiger partial charge in [0.15, 0.2) is 11.4 Å². The van der Waals surface area contributed by atoms with E-state index in [1.54, 1.807) is 0 Å². The smallest absolute Gasteiger partial charge is 0.437 e. The SMILES string of the molecule is CCCCSO/N=C(/c1ccc(OCCCOc2ccc(/C(=N/OOC)C(F)(F)F)cc2)cc1)C(F)(F)F. The van der Waals surface area contributed by atoms with Crippen LogP contribution in [-0.2, 0) is 14.2 Å². The van der Waals surface area contributed by atoms with Crippen LogP contribution in [0.5, 0.6) is 11.5 Å². The van der Waals surface area contributed by atoms with Crippen LogP contribution in [-0.4, -0.2) is 49.9 Å². The highest BCUT2D eigenvalue weighted by molar-refractivity contribution is 7.94. The van der Waals surface area contributed by atoms with Crippen molar-refractivity contribution in [1.82, 2.24) is 0 Å². The highest BCUT2D eigenvalue weighted by Gasteiger charge is 2.39. The Bertz CT molecular complexity index is 1030. The number of nitrogens with zero attached hydrogens (tertiary/aromatic N) is 2. The molecule has 2 aromatic carbocycles. The van der Waals surface area contributed by atoms with Crippen LogP contribution in [0, 0.1) is 0 Å². The van der Waals surface area contributed by atoms with Crippen molar-refractivity contribution in [3.8, 4) is 11.5 Å². The van der Waals surface area contributed by atoms with Crippen molar-refractivity contribution < 1.29 is 50.0 Å². The Hall–Kier alpha value is -3.13. The van der Waals surface area contributed by atoms with E-state index in [1.807, 2.05) is 6.92 Å². The first kappa shape index (κ1) is 31.1. The van der Waals surface area contributed by atoms with E-state index in [0.29, 0.717) is 23.7 Å². The van der Waals surface area contributed by atoms with Gasteiger partial charge >= 0.3 is 12.4 Å². The summed E-state index contributed by atoms with van der Waals surface area (Å²) >= 11 is 0.856. The molecule has 0 aliphatic carbocycles. The number of hydrogen-bond donors (Lipinski definition) is 0.